The van der Waals surface area contributed by atoms with Crippen LogP contribution in [0, 0.1) is 0 Å². The molecule has 6 heteroatoms. The largest absolute Gasteiger partial charge is 0.378 e. The predicted octanol–water partition coefficient (Wildman–Crippen LogP) is 2.22. The summed E-state index contributed by atoms with van der Waals surface area (Å²) in [4.78, 5) is 9.57. The van der Waals surface area contributed by atoms with E-state index in [0.29, 0.717) is 6.42 Å². The molecule has 1 rings (SSSR count). The Morgan fingerprint density at radius 1 is 1.25 bits per heavy atom. The van der Waals surface area contributed by atoms with Gasteiger partial charge in [0.2, 0.25) is 0 Å². The maximum atomic E-state index is 9.57. The van der Waals surface area contributed by atoms with Crippen LogP contribution in [-0.4, -0.2) is 46.3 Å². The van der Waals surface area contributed by atoms with Gasteiger partial charge in [-0.2, -0.15) is 0 Å². The van der Waals surface area contributed by atoms with E-state index in [1.165, 1.54) is 7.11 Å². The van der Waals surface area contributed by atoms with Crippen molar-refractivity contribution in [1.82, 2.24) is 0 Å². The van der Waals surface area contributed by atoms with Crippen molar-refractivity contribution in [3.8, 4) is 0 Å². The van der Waals surface area contributed by atoms with E-state index < -0.39 is 8.38 Å². The Hall–Kier alpha value is -0.705. The highest BCUT2D eigenvalue weighted by atomic mass is 31.2. The minimum atomic E-state index is -1.76. The number of hydrogen-bond acceptors (Lipinski definition) is 4. The fourth-order valence-corrected chi connectivity index (χ4v) is 2.33. The second kappa shape index (κ2) is 9.27. The number of benzene rings is 1. The first-order valence-corrected chi connectivity index (χ1v) is 7.43. The van der Waals surface area contributed by atoms with Gasteiger partial charge < -0.3 is 18.9 Å². The van der Waals surface area contributed by atoms with E-state index in [0.717, 1.165) is 5.56 Å². The van der Waals surface area contributed by atoms with E-state index in [2.05, 4.69) is 0 Å². The third kappa shape index (κ3) is 5.35. The second-order valence-electron chi connectivity index (χ2n) is 4.21. The van der Waals surface area contributed by atoms with Crippen LogP contribution < -0.4 is 0 Å². The Bertz CT molecular complexity index is 413. The molecule has 0 aliphatic carbocycles. The molecule has 1 aromatic carbocycles. The molecule has 0 amide bonds. The summed E-state index contributed by atoms with van der Waals surface area (Å²) in [6.45, 7) is 0. The molecule has 1 N–H and O–H groups in total. The third-order valence-electron chi connectivity index (χ3n) is 2.95. The summed E-state index contributed by atoms with van der Waals surface area (Å²) in [5.41, 5.74) is 1.14. The first-order valence-electron chi connectivity index (χ1n) is 6.22. The van der Waals surface area contributed by atoms with E-state index in [-0.39, 0.29) is 17.4 Å². The molecule has 0 spiro atoms. The molecular weight excluding hydrogens is 274 g/mol. The standard InChI is InChI=1S/C14H20BO4P/c1-17-12(9-11-7-5-4-6-8-11)13(18-2)10-14(15)20(16)19-3/h4-8,10,12-13,16H,9H2,1-3H3/b14-10+/t12-,13?,20?/m0/s1. The predicted molar refractivity (Wildman–Crippen MR) is 81.7 cm³/mol. The lowest BCUT2D eigenvalue weighted by molar-refractivity contribution is -0.0107. The number of rotatable bonds is 8. The second-order valence-corrected chi connectivity index (χ2v) is 5.64. The van der Waals surface area contributed by atoms with E-state index in [1.54, 1.807) is 20.3 Å². The van der Waals surface area contributed by atoms with Gasteiger partial charge in [0.25, 0.3) is 0 Å². The van der Waals surface area contributed by atoms with E-state index in [9.17, 15) is 4.89 Å². The van der Waals surface area contributed by atoms with Gasteiger partial charge in [-0.25, -0.2) is 0 Å². The van der Waals surface area contributed by atoms with Gasteiger partial charge in [0.15, 0.2) is 8.38 Å². The molecule has 0 saturated heterocycles. The van der Waals surface area contributed by atoms with Crippen molar-refractivity contribution in [3.63, 3.8) is 0 Å². The van der Waals surface area contributed by atoms with Crippen LogP contribution in [0.3, 0.4) is 0 Å². The van der Waals surface area contributed by atoms with Crippen LogP contribution >= 0.6 is 8.38 Å². The lowest BCUT2D eigenvalue weighted by Crippen LogP contribution is -2.30. The quantitative estimate of drug-likeness (QED) is 0.590. The SMILES string of the molecule is [B]/C(=C\C(OC)[C@H](Cc1ccccc1)OC)P(O)OC. The van der Waals surface area contributed by atoms with Gasteiger partial charge in [-0.05, 0) is 10.8 Å². The van der Waals surface area contributed by atoms with Gasteiger partial charge in [-0.3, -0.25) is 0 Å². The van der Waals surface area contributed by atoms with Crippen molar-refractivity contribution in [2.24, 2.45) is 0 Å². The molecule has 0 bridgehead atoms. The molecule has 0 saturated carbocycles. The van der Waals surface area contributed by atoms with Gasteiger partial charge in [-0.1, -0.05) is 36.4 Å². The van der Waals surface area contributed by atoms with Crippen LogP contribution in [0.5, 0.6) is 0 Å². The smallest absolute Gasteiger partial charge is 0.186 e. The average Bonchev–Trinajstić information content (AvgIpc) is 2.50. The number of methoxy groups -OCH3 is 2. The monoisotopic (exact) mass is 294 g/mol. The molecule has 20 heavy (non-hydrogen) atoms. The Morgan fingerprint density at radius 2 is 1.90 bits per heavy atom. The highest BCUT2D eigenvalue weighted by molar-refractivity contribution is 7.53. The summed E-state index contributed by atoms with van der Waals surface area (Å²) in [6, 6.07) is 9.98. The van der Waals surface area contributed by atoms with Crippen LogP contribution in [0.4, 0.5) is 0 Å². The van der Waals surface area contributed by atoms with Crippen molar-refractivity contribution in [1.29, 1.82) is 0 Å². The average molecular weight is 294 g/mol. The Balaban J connectivity index is 2.79. The molecule has 3 atom stereocenters. The molecule has 1 aromatic rings. The van der Waals surface area contributed by atoms with Crippen LogP contribution in [0.1, 0.15) is 5.56 Å². The fraction of sp³-hybridized carbons (Fsp3) is 0.429. The Morgan fingerprint density at radius 3 is 2.40 bits per heavy atom. The van der Waals surface area contributed by atoms with Crippen LogP contribution in [0.25, 0.3) is 0 Å². The highest BCUT2D eigenvalue weighted by Gasteiger charge is 2.20. The van der Waals surface area contributed by atoms with Crippen molar-refractivity contribution in [2.45, 2.75) is 18.6 Å². The van der Waals surface area contributed by atoms with E-state index in [4.69, 9.17) is 21.8 Å². The molecule has 2 unspecified atom stereocenters. The molecule has 108 valence electrons. The van der Waals surface area contributed by atoms with Gasteiger partial charge in [0.05, 0.1) is 6.10 Å². The van der Waals surface area contributed by atoms with Crippen molar-refractivity contribution < 1.29 is 18.9 Å². The van der Waals surface area contributed by atoms with Gasteiger partial charge >= 0.3 is 0 Å². The minimum Gasteiger partial charge on any atom is -0.378 e. The molecule has 0 heterocycles. The zero-order valence-corrected chi connectivity index (χ0v) is 12.9. The van der Waals surface area contributed by atoms with Crippen LogP contribution in [-0.2, 0) is 20.4 Å². The molecule has 0 aliphatic heterocycles. The highest BCUT2D eigenvalue weighted by Crippen LogP contribution is 2.38. The first-order chi connectivity index (χ1) is 9.62. The Labute approximate surface area is 123 Å². The minimum absolute atomic E-state index is 0.193. The van der Waals surface area contributed by atoms with Crippen molar-refractivity contribution >= 4 is 16.2 Å². The maximum Gasteiger partial charge on any atom is 0.186 e. The molecule has 0 fully saturated rings. The summed E-state index contributed by atoms with van der Waals surface area (Å²) >= 11 is 0. The topological polar surface area (TPSA) is 47.9 Å². The maximum absolute atomic E-state index is 9.57. The number of ether oxygens (including phenoxy) is 2. The van der Waals surface area contributed by atoms with Gasteiger partial charge in [0, 0.05) is 27.8 Å². The first kappa shape index (κ1) is 17.3. The van der Waals surface area contributed by atoms with Crippen LogP contribution in [0.2, 0.25) is 0 Å². The summed E-state index contributed by atoms with van der Waals surface area (Å²) < 4.78 is 15.7. The van der Waals surface area contributed by atoms with Gasteiger partial charge in [-0.15, -0.1) is 0 Å². The molecule has 0 aromatic heterocycles. The summed E-state index contributed by atoms with van der Waals surface area (Å²) in [6.07, 6.45) is 1.79. The number of hydrogen-bond donors (Lipinski definition) is 1. The lowest BCUT2D eigenvalue weighted by Gasteiger charge is -2.24. The molecule has 0 aliphatic rings. The van der Waals surface area contributed by atoms with Gasteiger partial charge in [0.1, 0.15) is 14.0 Å². The van der Waals surface area contributed by atoms with E-state index >= 15 is 0 Å². The summed E-state index contributed by atoms with van der Waals surface area (Å²) in [5, 5.41) is 0.268. The third-order valence-corrected chi connectivity index (χ3v) is 3.89. The molecule has 4 nitrogen and oxygen atoms in total. The lowest BCUT2D eigenvalue weighted by atomic mass is 10.0. The van der Waals surface area contributed by atoms with E-state index in [1.807, 2.05) is 30.3 Å². The summed E-state index contributed by atoms with van der Waals surface area (Å²) in [5.74, 6) is 0. The molecular formula is C14H20BO4P. The van der Waals surface area contributed by atoms with Crippen LogP contribution in [0.15, 0.2) is 41.6 Å². The van der Waals surface area contributed by atoms with Crippen molar-refractivity contribution in [2.75, 3.05) is 21.3 Å². The zero-order chi connectivity index (χ0) is 15.0. The fourth-order valence-electron chi connectivity index (χ4n) is 1.84. The Kier molecular flexibility index (Phi) is 8.04. The normalized spacial score (nSPS) is 16.7. The van der Waals surface area contributed by atoms with Crippen molar-refractivity contribution in [3.05, 3.63) is 47.2 Å². The summed E-state index contributed by atoms with van der Waals surface area (Å²) in [7, 11) is 8.62. The molecule has 2 radical (unpaired) electrons. The zero-order valence-electron chi connectivity index (χ0n) is 12.0.